The van der Waals surface area contributed by atoms with E-state index in [0.717, 1.165) is 17.5 Å². The molecule has 0 spiro atoms. The predicted molar refractivity (Wildman–Crippen MR) is 139 cm³/mol. The van der Waals surface area contributed by atoms with Crippen LogP contribution >= 0.6 is 0 Å². The van der Waals surface area contributed by atoms with Crippen LogP contribution < -0.4 is 5.32 Å². The molecule has 0 bridgehead atoms. The fraction of sp³-hybridized carbons (Fsp3) is 0.111. The van der Waals surface area contributed by atoms with E-state index in [1.807, 2.05) is 25.1 Å². The largest absolute Gasteiger partial charge is 0.325 e. The Hall–Kier alpha value is -4.99. The minimum Gasteiger partial charge on any atom is -0.325 e. The van der Waals surface area contributed by atoms with Gasteiger partial charge < -0.3 is 10.3 Å². The molecule has 37 heavy (non-hydrogen) atoms. The summed E-state index contributed by atoms with van der Waals surface area (Å²) in [5, 5.41) is 10.8. The number of hydrogen-bond donors (Lipinski definition) is 3. The second-order valence-corrected chi connectivity index (χ2v) is 8.59. The SMILES string of the molecule is CCCC(=O)Nc1cncc(-c2cc3c(-c4nc5c(-c6cccnc6)ccnc5[nH]4)n[nH]c3cc2F)c1. The van der Waals surface area contributed by atoms with Crippen molar-refractivity contribution in [3.8, 4) is 33.8 Å². The number of rotatable bonds is 6. The van der Waals surface area contributed by atoms with Crippen LogP contribution in [0.5, 0.6) is 0 Å². The van der Waals surface area contributed by atoms with Crippen molar-refractivity contribution in [2.24, 2.45) is 0 Å². The third kappa shape index (κ3) is 4.18. The molecule has 0 aliphatic rings. The first-order valence-corrected chi connectivity index (χ1v) is 11.8. The van der Waals surface area contributed by atoms with Gasteiger partial charge in [0.2, 0.25) is 5.91 Å². The Labute approximate surface area is 210 Å². The molecule has 0 aliphatic carbocycles. The second-order valence-electron chi connectivity index (χ2n) is 8.59. The van der Waals surface area contributed by atoms with E-state index in [2.05, 4.69) is 35.5 Å². The average molecular weight is 493 g/mol. The van der Waals surface area contributed by atoms with E-state index in [9.17, 15) is 4.79 Å². The Bertz CT molecular complexity index is 1760. The fourth-order valence-corrected chi connectivity index (χ4v) is 4.32. The standard InChI is InChI=1S/C27H21FN8O/c1-2-4-23(37)32-17-9-16(13-30-14-17)19-10-20-22(11-21(19)28)35-36-25(20)27-33-24-18(6-8-31-26(24)34-27)15-5-3-7-29-12-15/h3,5-14H,2,4H2,1H3,(H,32,37)(H,35,36)(H,31,33,34). The number of nitrogens with zero attached hydrogens (tertiary/aromatic N) is 5. The molecule has 10 heteroatoms. The number of carbonyl (C=O) groups excluding carboxylic acids is 1. The molecule has 0 radical (unpaired) electrons. The predicted octanol–water partition coefficient (Wildman–Crippen LogP) is 5.50. The van der Waals surface area contributed by atoms with Crippen molar-refractivity contribution in [2.45, 2.75) is 19.8 Å². The fourth-order valence-electron chi connectivity index (χ4n) is 4.32. The topological polar surface area (TPSA) is 125 Å². The molecule has 1 aromatic carbocycles. The van der Waals surface area contributed by atoms with Gasteiger partial charge >= 0.3 is 0 Å². The number of pyridine rings is 3. The third-order valence-corrected chi connectivity index (χ3v) is 6.04. The summed E-state index contributed by atoms with van der Waals surface area (Å²) in [5.41, 5.74) is 5.53. The Balaban J connectivity index is 1.43. The number of anilines is 1. The molecular weight excluding hydrogens is 471 g/mol. The highest BCUT2D eigenvalue weighted by Gasteiger charge is 2.18. The number of benzene rings is 1. The molecule has 182 valence electrons. The summed E-state index contributed by atoms with van der Waals surface area (Å²) in [7, 11) is 0. The van der Waals surface area contributed by atoms with Gasteiger partial charge in [-0.2, -0.15) is 5.10 Å². The third-order valence-electron chi connectivity index (χ3n) is 6.04. The van der Waals surface area contributed by atoms with Crippen LogP contribution in [0.4, 0.5) is 10.1 Å². The average Bonchev–Trinajstić information content (AvgIpc) is 3.52. The van der Waals surface area contributed by atoms with Crippen molar-refractivity contribution in [1.82, 2.24) is 35.1 Å². The molecule has 0 saturated heterocycles. The molecule has 0 fully saturated rings. The highest BCUT2D eigenvalue weighted by Crippen LogP contribution is 2.34. The van der Waals surface area contributed by atoms with Gasteiger partial charge in [0.25, 0.3) is 0 Å². The number of aromatic nitrogens is 7. The van der Waals surface area contributed by atoms with Crippen molar-refractivity contribution in [3.05, 3.63) is 73.2 Å². The maximum atomic E-state index is 15.1. The summed E-state index contributed by atoms with van der Waals surface area (Å²) in [6.07, 6.45) is 9.43. The first kappa shape index (κ1) is 22.5. The van der Waals surface area contributed by atoms with E-state index >= 15 is 4.39 Å². The van der Waals surface area contributed by atoms with E-state index < -0.39 is 5.82 Å². The smallest absolute Gasteiger partial charge is 0.224 e. The quantitative estimate of drug-likeness (QED) is 0.282. The molecule has 9 nitrogen and oxygen atoms in total. The number of hydrogen-bond acceptors (Lipinski definition) is 6. The van der Waals surface area contributed by atoms with Crippen LogP contribution in [0.3, 0.4) is 0 Å². The molecule has 5 heterocycles. The zero-order valence-electron chi connectivity index (χ0n) is 19.8. The Morgan fingerprint density at radius 3 is 2.76 bits per heavy atom. The lowest BCUT2D eigenvalue weighted by Gasteiger charge is -2.08. The van der Waals surface area contributed by atoms with Gasteiger partial charge in [-0.25, -0.2) is 14.4 Å². The van der Waals surface area contributed by atoms with Gasteiger partial charge in [0.05, 0.1) is 17.4 Å². The minimum absolute atomic E-state index is 0.112. The molecule has 6 rings (SSSR count). The Kier molecular flexibility index (Phi) is 5.61. The van der Waals surface area contributed by atoms with Crippen molar-refractivity contribution in [3.63, 3.8) is 0 Å². The highest BCUT2D eigenvalue weighted by molar-refractivity contribution is 5.98. The summed E-state index contributed by atoms with van der Waals surface area (Å²) < 4.78 is 15.1. The van der Waals surface area contributed by atoms with Crippen LogP contribution in [0.1, 0.15) is 19.8 Å². The summed E-state index contributed by atoms with van der Waals surface area (Å²) >= 11 is 0. The van der Waals surface area contributed by atoms with Gasteiger partial charge in [-0.15, -0.1) is 0 Å². The summed E-state index contributed by atoms with van der Waals surface area (Å²) in [4.78, 5) is 32.9. The van der Waals surface area contributed by atoms with Crippen LogP contribution in [-0.2, 0) is 4.79 Å². The first-order chi connectivity index (χ1) is 18.1. The van der Waals surface area contributed by atoms with Crippen molar-refractivity contribution >= 4 is 33.7 Å². The Morgan fingerprint density at radius 2 is 1.92 bits per heavy atom. The second kappa shape index (κ2) is 9.23. The zero-order chi connectivity index (χ0) is 25.4. The number of amides is 1. The van der Waals surface area contributed by atoms with Gasteiger partial charge in [-0.1, -0.05) is 13.0 Å². The molecular formula is C27H21FN8O. The molecule has 0 atom stereocenters. The van der Waals surface area contributed by atoms with Gasteiger partial charge in [-0.05, 0) is 30.7 Å². The number of nitrogens with one attached hydrogen (secondary N) is 3. The van der Waals surface area contributed by atoms with Gasteiger partial charge in [0.15, 0.2) is 11.5 Å². The monoisotopic (exact) mass is 492 g/mol. The number of H-pyrrole nitrogens is 2. The molecule has 0 saturated carbocycles. The van der Waals surface area contributed by atoms with Gasteiger partial charge in [0, 0.05) is 64.9 Å². The van der Waals surface area contributed by atoms with E-state index in [-0.39, 0.29) is 5.91 Å². The van der Waals surface area contributed by atoms with Crippen molar-refractivity contribution in [2.75, 3.05) is 5.32 Å². The summed E-state index contributed by atoms with van der Waals surface area (Å²) in [5.74, 6) is -0.0494. The number of halogens is 1. The van der Waals surface area contributed by atoms with Crippen LogP contribution in [0, 0.1) is 5.82 Å². The molecule has 0 aliphatic heterocycles. The lowest BCUT2D eigenvalue weighted by molar-refractivity contribution is -0.116. The van der Waals surface area contributed by atoms with Crippen molar-refractivity contribution < 1.29 is 9.18 Å². The number of fused-ring (bicyclic) bond motifs is 2. The number of carbonyl (C=O) groups is 1. The summed E-state index contributed by atoms with van der Waals surface area (Å²) in [6, 6.07) is 10.5. The molecule has 1 amide bonds. The van der Waals surface area contributed by atoms with E-state index in [4.69, 9.17) is 4.98 Å². The maximum Gasteiger partial charge on any atom is 0.224 e. The number of aromatic amines is 2. The van der Waals surface area contributed by atoms with Crippen LogP contribution in [0.2, 0.25) is 0 Å². The van der Waals surface area contributed by atoms with Gasteiger partial charge in [-0.3, -0.25) is 19.9 Å². The van der Waals surface area contributed by atoms with Crippen LogP contribution in [0.25, 0.3) is 55.8 Å². The maximum absolute atomic E-state index is 15.1. The molecule has 3 N–H and O–H groups in total. The minimum atomic E-state index is -0.438. The van der Waals surface area contributed by atoms with Crippen molar-refractivity contribution in [1.29, 1.82) is 0 Å². The van der Waals surface area contributed by atoms with Gasteiger partial charge in [0.1, 0.15) is 17.0 Å². The Morgan fingerprint density at radius 1 is 1.03 bits per heavy atom. The highest BCUT2D eigenvalue weighted by atomic mass is 19.1. The van der Waals surface area contributed by atoms with E-state index in [1.165, 1.54) is 12.3 Å². The normalized spacial score (nSPS) is 11.3. The van der Waals surface area contributed by atoms with Crippen LogP contribution in [0.15, 0.2) is 67.4 Å². The molecule has 0 unspecified atom stereocenters. The zero-order valence-corrected chi connectivity index (χ0v) is 19.8. The number of imidazole rings is 1. The molecule has 5 aromatic heterocycles. The lowest BCUT2D eigenvalue weighted by atomic mass is 10.0. The van der Waals surface area contributed by atoms with E-state index in [0.29, 0.717) is 56.8 Å². The van der Waals surface area contributed by atoms with Crippen LogP contribution in [-0.4, -0.2) is 41.0 Å². The summed E-state index contributed by atoms with van der Waals surface area (Å²) in [6.45, 7) is 1.93. The lowest BCUT2D eigenvalue weighted by Crippen LogP contribution is -2.10. The van der Waals surface area contributed by atoms with E-state index in [1.54, 1.807) is 36.9 Å². The first-order valence-electron chi connectivity index (χ1n) is 11.8. The molecule has 6 aromatic rings.